The first-order chi connectivity index (χ1) is 8.53. The van der Waals surface area contributed by atoms with E-state index in [-0.39, 0.29) is 5.56 Å². The van der Waals surface area contributed by atoms with Crippen LogP contribution in [0.1, 0.15) is 36.0 Å². The van der Waals surface area contributed by atoms with Crippen LogP contribution in [0, 0.1) is 0 Å². The average Bonchev–Trinajstić information content (AvgIpc) is 2.79. The molecule has 2 rings (SSSR count). The molecule has 2 N–H and O–H groups in total. The second-order valence-corrected chi connectivity index (χ2v) is 4.39. The molecule has 0 radical (unpaired) electrons. The van der Waals surface area contributed by atoms with Crippen LogP contribution in [0.15, 0.2) is 27.6 Å². The minimum absolute atomic E-state index is 0.141. The Kier molecular flexibility index (Phi) is 3.18. The van der Waals surface area contributed by atoms with Crippen LogP contribution in [0.2, 0.25) is 0 Å². The van der Waals surface area contributed by atoms with Crippen molar-refractivity contribution in [3.63, 3.8) is 0 Å². The largest absolute Gasteiger partial charge is 0.480 e. The van der Waals surface area contributed by atoms with E-state index in [1.807, 2.05) is 0 Å². The molecule has 1 heterocycles. The molecule has 6 heteroatoms. The molecule has 1 saturated carbocycles. The molecular weight excluding hydrogens is 238 g/mol. The van der Waals surface area contributed by atoms with Gasteiger partial charge in [-0.2, -0.15) is 0 Å². The van der Waals surface area contributed by atoms with Gasteiger partial charge in [0, 0.05) is 6.07 Å². The van der Waals surface area contributed by atoms with Gasteiger partial charge in [0.05, 0.1) is 5.56 Å². The summed E-state index contributed by atoms with van der Waals surface area (Å²) in [5.41, 5.74) is -1.60. The van der Waals surface area contributed by atoms with E-state index in [2.05, 4.69) is 9.73 Å². The normalized spacial score (nSPS) is 17.3. The zero-order valence-electron chi connectivity index (χ0n) is 9.64. The Hall–Kier alpha value is -2.11. The number of carboxylic acid groups (broad SMARTS) is 1. The maximum absolute atomic E-state index is 11.9. The lowest BCUT2D eigenvalue weighted by Gasteiger charge is -2.25. The predicted octanol–water partition coefficient (Wildman–Crippen LogP) is 0.767. The molecule has 1 aromatic heterocycles. The summed E-state index contributed by atoms with van der Waals surface area (Å²) in [5.74, 6) is -1.56. The molecule has 0 unspecified atom stereocenters. The molecule has 0 saturated heterocycles. The van der Waals surface area contributed by atoms with Gasteiger partial charge in [-0.3, -0.25) is 4.79 Å². The fourth-order valence-electron chi connectivity index (χ4n) is 2.15. The van der Waals surface area contributed by atoms with Crippen molar-refractivity contribution in [2.75, 3.05) is 0 Å². The number of hydrogen-bond donors (Lipinski definition) is 2. The van der Waals surface area contributed by atoms with Crippen molar-refractivity contribution in [2.24, 2.45) is 0 Å². The zero-order chi connectivity index (χ0) is 13.2. The number of carboxylic acids is 1. The molecule has 0 aliphatic heterocycles. The summed E-state index contributed by atoms with van der Waals surface area (Å²) >= 11 is 0. The van der Waals surface area contributed by atoms with Crippen LogP contribution < -0.4 is 10.9 Å². The van der Waals surface area contributed by atoms with E-state index in [4.69, 9.17) is 0 Å². The number of carbonyl (C=O) groups excluding carboxylic acids is 1. The molecule has 0 bridgehead atoms. The molecule has 0 aromatic carbocycles. The van der Waals surface area contributed by atoms with Gasteiger partial charge in [0.1, 0.15) is 11.8 Å². The van der Waals surface area contributed by atoms with Gasteiger partial charge in [0.15, 0.2) is 0 Å². The van der Waals surface area contributed by atoms with Crippen LogP contribution in [0.5, 0.6) is 0 Å². The second-order valence-electron chi connectivity index (χ2n) is 4.39. The van der Waals surface area contributed by atoms with E-state index in [1.165, 1.54) is 6.07 Å². The highest BCUT2D eigenvalue weighted by Crippen LogP contribution is 2.30. The summed E-state index contributed by atoms with van der Waals surface area (Å²) in [6.07, 6.45) is 3.42. The first-order valence-electron chi connectivity index (χ1n) is 5.68. The van der Waals surface area contributed by atoms with E-state index in [0.29, 0.717) is 12.8 Å². The van der Waals surface area contributed by atoms with E-state index in [0.717, 1.165) is 25.2 Å². The number of rotatable bonds is 3. The van der Waals surface area contributed by atoms with Gasteiger partial charge in [-0.1, -0.05) is 12.8 Å². The summed E-state index contributed by atoms with van der Waals surface area (Å²) in [5, 5.41) is 11.7. The Morgan fingerprint density at radius 3 is 2.44 bits per heavy atom. The predicted molar refractivity (Wildman–Crippen MR) is 61.3 cm³/mol. The first-order valence-corrected chi connectivity index (χ1v) is 5.68. The van der Waals surface area contributed by atoms with Gasteiger partial charge >= 0.3 is 11.6 Å². The van der Waals surface area contributed by atoms with Crippen LogP contribution in [-0.2, 0) is 4.79 Å². The summed E-state index contributed by atoms with van der Waals surface area (Å²) in [6.45, 7) is 0. The van der Waals surface area contributed by atoms with Crippen molar-refractivity contribution in [2.45, 2.75) is 31.2 Å². The van der Waals surface area contributed by atoms with E-state index >= 15 is 0 Å². The molecule has 1 aliphatic carbocycles. The maximum atomic E-state index is 11.9. The van der Waals surface area contributed by atoms with Gasteiger partial charge in [-0.25, -0.2) is 9.59 Å². The SMILES string of the molecule is O=C(NC1(C(=O)O)CCCC1)c1ccc(=O)oc1. The quantitative estimate of drug-likeness (QED) is 0.826. The van der Waals surface area contributed by atoms with Gasteiger partial charge < -0.3 is 14.8 Å². The lowest BCUT2D eigenvalue weighted by Crippen LogP contribution is -2.52. The molecule has 0 atom stereocenters. The smallest absolute Gasteiger partial charge is 0.335 e. The number of hydrogen-bond acceptors (Lipinski definition) is 4. The zero-order valence-corrected chi connectivity index (χ0v) is 9.64. The Balaban J connectivity index is 2.17. The summed E-state index contributed by atoms with van der Waals surface area (Å²) in [4.78, 5) is 33.9. The van der Waals surface area contributed by atoms with Gasteiger partial charge in [-0.05, 0) is 18.9 Å². The van der Waals surface area contributed by atoms with Crippen molar-refractivity contribution in [1.82, 2.24) is 5.32 Å². The molecule has 1 aliphatic rings. The van der Waals surface area contributed by atoms with E-state index in [9.17, 15) is 19.5 Å². The van der Waals surface area contributed by atoms with Crippen LogP contribution in [0.25, 0.3) is 0 Å². The lowest BCUT2D eigenvalue weighted by molar-refractivity contribution is -0.144. The number of aliphatic carboxylic acids is 1. The molecule has 1 amide bonds. The summed E-state index contributed by atoms with van der Waals surface area (Å²) in [7, 11) is 0. The fourth-order valence-corrected chi connectivity index (χ4v) is 2.15. The maximum Gasteiger partial charge on any atom is 0.335 e. The lowest BCUT2D eigenvalue weighted by atomic mass is 9.97. The average molecular weight is 251 g/mol. The molecule has 1 fully saturated rings. The van der Waals surface area contributed by atoms with Crippen molar-refractivity contribution < 1.29 is 19.1 Å². The highest BCUT2D eigenvalue weighted by molar-refractivity contribution is 5.97. The van der Waals surface area contributed by atoms with Crippen molar-refractivity contribution in [3.05, 3.63) is 34.4 Å². The molecular formula is C12H13NO5. The highest BCUT2D eigenvalue weighted by Gasteiger charge is 2.42. The minimum Gasteiger partial charge on any atom is -0.480 e. The monoisotopic (exact) mass is 251 g/mol. The second kappa shape index (κ2) is 4.64. The summed E-state index contributed by atoms with van der Waals surface area (Å²) < 4.78 is 4.57. The van der Waals surface area contributed by atoms with Crippen LogP contribution >= 0.6 is 0 Å². The standard InChI is InChI=1S/C12H13NO5/c14-9-4-3-8(7-18-9)10(15)13-12(11(16)17)5-1-2-6-12/h3-4,7H,1-2,5-6H2,(H,13,15)(H,16,17). The van der Waals surface area contributed by atoms with E-state index < -0.39 is 23.0 Å². The topological polar surface area (TPSA) is 96.6 Å². The molecule has 18 heavy (non-hydrogen) atoms. The van der Waals surface area contributed by atoms with Crippen molar-refractivity contribution in [1.29, 1.82) is 0 Å². The molecule has 0 spiro atoms. The van der Waals surface area contributed by atoms with E-state index in [1.54, 1.807) is 0 Å². The summed E-state index contributed by atoms with van der Waals surface area (Å²) in [6, 6.07) is 2.43. The third-order valence-electron chi connectivity index (χ3n) is 3.18. The van der Waals surface area contributed by atoms with Gasteiger partial charge in [0.2, 0.25) is 0 Å². The highest BCUT2D eigenvalue weighted by atomic mass is 16.4. The van der Waals surface area contributed by atoms with Crippen LogP contribution in [0.3, 0.4) is 0 Å². The Morgan fingerprint density at radius 2 is 1.94 bits per heavy atom. The third kappa shape index (κ3) is 2.27. The van der Waals surface area contributed by atoms with Crippen LogP contribution in [-0.4, -0.2) is 22.5 Å². The minimum atomic E-state index is -1.19. The number of carbonyl (C=O) groups is 2. The van der Waals surface area contributed by atoms with Crippen molar-refractivity contribution in [3.8, 4) is 0 Å². The molecule has 6 nitrogen and oxygen atoms in total. The van der Waals surface area contributed by atoms with Crippen LogP contribution in [0.4, 0.5) is 0 Å². The first kappa shape index (κ1) is 12.3. The fraction of sp³-hybridized carbons (Fsp3) is 0.417. The Labute approximate surface area is 103 Å². The van der Waals surface area contributed by atoms with Gasteiger partial charge in [-0.15, -0.1) is 0 Å². The Morgan fingerprint density at radius 1 is 1.28 bits per heavy atom. The molecule has 1 aromatic rings. The third-order valence-corrected chi connectivity index (χ3v) is 3.18. The number of amides is 1. The van der Waals surface area contributed by atoms with Gasteiger partial charge in [0.25, 0.3) is 5.91 Å². The Bertz CT molecular complexity index is 507. The molecule has 96 valence electrons. The van der Waals surface area contributed by atoms with Crippen molar-refractivity contribution >= 4 is 11.9 Å². The number of nitrogens with one attached hydrogen (secondary N) is 1.